The van der Waals surface area contributed by atoms with Crippen LogP contribution in [0.5, 0.6) is 0 Å². The van der Waals surface area contributed by atoms with Gasteiger partial charge in [0.05, 0.1) is 0 Å². The summed E-state index contributed by atoms with van der Waals surface area (Å²) in [6, 6.07) is 2.28. The van der Waals surface area contributed by atoms with Crippen LogP contribution in [0.25, 0.3) is 0 Å². The van der Waals surface area contributed by atoms with Crippen LogP contribution >= 0.6 is 11.3 Å². The molecule has 1 N–H and O–H groups in total. The number of carbonyl (C=O) groups is 1. The van der Waals surface area contributed by atoms with E-state index in [0.717, 1.165) is 19.5 Å². The first-order valence-corrected chi connectivity index (χ1v) is 8.04. The fraction of sp³-hybridized carbons (Fsp3) is 0.667. The lowest BCUT2D eigenvalue weighted by Crippen LogP contribution is -2.51. The molecular formula is C15H24N2O2S. The van der Waals surface area contributed by atoms with Crippen LogP contribution in [-0.2, 0) is 4.74 Å². The minimum absolute atomic E-state index is 0.147. The number of alkyl carbamates (subject to hydrolysis) is 1. The number of carbonyl (C=O) groups excluding carboxylic acids is 1. The summed E-state index contributed by atoms with van der Waals surface area (Å²) in [6.07, 6.45) is 0.682. The van der Waals surface area contributed by atoms with Crippen molar-refractivity contribution in [2.75, 3.05) is 18.0 Å². The molecular weight excluding hydrogens is 272 g/mol. The molecule has 0 saturated carbocycles. The minimum atomic E-state index is -0.447. The lowest BCUT2D eigenvalue weighted by molar-refractivity contribution is 0.0495. The molecule has 2 rings (SSSR count). The van der Waals surface area contributed by atoms with E-state index in [1.165, 1.54) is 5.69 Å². The maximum atomic E-state index is 11.9. The molecule has 1 saturated heterocycles. The van der Waals surface area contributed by atoms with Crippen molar-refractivity contribution in [2.45, 2.75) is 45.8 Å². The van der Waals surface area contributed by atoms with Gasteiger partial charge in [-0.3, -0.25) is 0 Å². The smallest absolute Gasteiger partial charge is 0.407 e. The van der Waals surface area contributed by atoms with Crippen LogP contribution in [0.2, 0.25) is 0 Å². The average molecular weight is 296 g/mol. The van der Waals surface area contributed by atoms with Gasteiger partial charge in [-0.1, -0.05) is 6.92 Å². The van der Waals surface area contributed by atoms with Crippen molar-refractivity contribution >= 4 is 23.1 Å². The Morgan fingerprint density at radius 2 is 2.20 bits per heavy atom. The lowest BCUT2D eigenvalue weighted by atomic mass is 9.96. The highest BCUT2D eigenvalue weighted by molar-refractivity contribution is 7.08. The average Bonchev–Trinajstić information content (AvgIpc) is 2.78. The van der Waals surface area contributed by atoms with Crippen LogP contribution in [0.4, 0.5) is 10.5 Å². The Morgan fingerprint density at radius 1 is 1.45 bits per heavy atom. The van der Waals surface area contributed by atoms with Gasteiger partial charge in [0.25, 0.3) is 0 Å². The number of thiophene rings is 1. The maximum Gasteiger partial charge on any atom is 0.407 e. The standard InChI is InChI=1S/C15H24N2O2S/c1-11-7-12(16-14(18)19-15(2,3)4)9-17(8-11)13-5-6-20-10-13/h5-6,10-12H,7-9H2,1-4H3,(H,16,18). The fourth-order valence-corrected chi connectivity index (χ4v) is 3.24. The molecule has 2 atom stereocenters. The zero-order chi connectivity index (χ0) is 14.8. The molecule has 4 nitrogen and oxygen atoms in total. The molecule has 5 heteroatoms. The molecule has 112 valence electrons. The first kappa shape index (κ1) is 15.2. The van der Waals surface area contributed by atoms with Gasteiger partial charge in [-0.05, 0) is 44.6 Å². The predicted molar refractivity (Wildman–Crippen MR) is 83.5 cm³/mol. The largest absolute Gasteiger partial charge is 0.444 e. The van der Waals surface area contributed by atoms with Crippen molar-refractivity contribution in [1.29, 1.82) is 0 Å². The van der Waals surface area contributed by atoms with Crippen molar-refractivity contribution in [3.8, 4) is 0 Å². The monoisotopic (exact) mass is 296 g/mol. The normalized spacial score (nSPS) is 23.5. The van der Waals surface area contributed by atoms with E-state index in [9.17, 15) is 4.79 Å². The first-order valence-electron chi connectivity index (χ1n) is 7.10. The topological polar surface area (TPSA) is 41.6 Å². The number of ether oxygens (including phenoxy) is 1. The van der Waals surface area contributed by atoms with Crippen molar-refractivity contribution < 1.29 is 9.53 Å². The number of hydrogen-bond acceptors (Lipinski definition) is 4. The molecule has 2 heterocycles. The van der Waals surface area contributed by atoms with Crippen LogP contribution in [0.1, 0.15) is 34.1 Å². The second-order valence-electron chi connectivity index (χ2n) is 6.57. The molecule has 0 radical (unpaired) electrons. The number of hydrogen-bond donors (Lipinski definition) is 1. The van der Waals surface area contributed by atoms with Gasteiger partial charge in [-0.25, -0.2) is 4.79 Å². The number of rotatable bonds is 2. The molecule has 2 unspecified atom stereocenters. The Balaban J connectivity index is 1.93. The summed E-state index contributed by atoms with van der Waals surface area (Å²) in [4.78, 5) is 14.2. The van der Waals surface area contributed by atoms with E-state index in [0.29, 0.717) is 5.92 Å². The van der Waals surface area contributed by atoms with Crippen LogP contribution < -0.4 is 10.2 Å². The summed E-state index contributed by atoms with van der Waals surface area (Å²) in [5.41, 5.74) is 0.801. The number of nitrogens with zero attached hydrogens (tertiary/aromatic N) is 1. The number of nitrogens with one attached hydrogen (secondary N) is 1. The fourth-order valence-electron chi connectivity index (χ4n) is 2.58. The molecule has 0 aliphatic carbocycles. The zero-order valence-electron chi connectivity index (χ0n) is 12.7. The molecule has 1 aliphatic rings. The summed E-state index contributed by atoms with van der Waals surface area (Å²) >= 11 is 1.70. The van der Waals surface area contributed by atoms with Crippen molar-refractivity contribution in [1.82, 2.24) is 5.32 Å². The maximum absolute atomic E-state index is 11.9. The van der Waals surface area contributed by atoms with Crippen molar-refractivity contribution in [3.63, 3.8) is 0 Å². The number of piperidine rings is 1. The number of amides is 1. The molecule has 20 heavy (non-hydrogen) atoms. The van der Waals surface area contributed by atoms with Gasteiger partial charge >= 0.3 is 6.09 Å². The van der Waals surface area contributed by atoms with Gasteiger partial charge in [-0.2, -0.15) is 11.3 Å². The van der Waals surface area contributed by atoms with Gasteiger partial charge in [0.15, 0.2) is 0 Å². The van der Waals surface area contributed by atoms with Crippen LogP contribution in [0, 0.1) is 5.92 Å². The van der Waals surface area contributed by atoms with Crippen LogP contribution in [-0.4, -0.2) is 30.8 Å². The van der Waals surface area contributed by atoms with Gasteiger partial charge in [0, 0.05) is 30.2 Å². The SMILES string of the molecule is CC1CC(NC(=O)OC(C)(C)C)CN(c2ccsc2)C1. The Morgan fingerprint density at radius 3 is 2.80 bits per heavy atom. The molecule has 1 aliphatic heterocycles. The second kappa shape index (κ2) is 6.04. The lowest BCUT2D eigenvalue weighted by Gasteiger charge is -2.37. The Bertz CT molecular complexity index is 439. The summed E-state index contributed by atoms with van der Waals surface area (Å²) in [5, 5.41) is 7.24. The number of anilines is 1. The third-order valence-electron chi connectivity index (χ3n) is 3.25. The highest BCUT2D eigenvalue weighted by atomic mass is 32.1. The summed E-state index contributed by atoms with van der Waals surface area (Å²) in [5.74, 6) is 0.559. The highest BCUT2D eigenvalue weighted by Crippen LogP contribution is 2.25. The zero-order valence-corrected chi connectivity index (χ0v) is 13.5. The van der Waals surface area contributed by atoms with E-state index < -0.39 is 5.60 Å². The van der Waals surface area contributed by atoms with Gasteiger partial charge < -0.3 is 15.0 Å². The van der Waals surface area contributed by atoms with E-state index in [1.807, 2.05) is 20.8 Å². The van der Waals surface area contributed by atoms with E-state index in [4.69, 9.17) is 4.74 Å². The van der Waals surface area contributed by atoms with E-state index >= 15 is 0 Å². The third-order valence-corrected chi connectivity index (χ3v) is 3.92. The summed E-state index contributed by atoms with van der Waals surface area (Å²) in [7, 11) is 0. The van der Waals surface area contributed by atoms with E-state index in [2.05, 4.69) is 34.0 Å². The quantitative estimate of drug-likeness (QED) is 0.908. The molecule has 0 bridgehead atoms. The second-order valence-corrected chi connectivity index (χ2v) is 7.35. The van der Waals surface area contributed by atoms with Crippen molar-refractivity contribution in [2.24, 2.45) is 5.92 Å². The third kappa shape index (κ3) is 4.40. The molecule has 0 spiro atoms. The molecule has 1 amide bonds. The van der Waals surface area contributed by atoms with Crippen molar-refractivity contribution in [3.05, 3.63) is 16.8 Å². The molecule has 1 aromatic rings. The first-order chi connectivity index (χ1) is 9.33. The highest BCUT2D eigenvalue weighted by Gasteiger charge is 2.27. The van der Waals surface area contributed by atoms with Crippen LogP contribution in [0.15, 0.2) is 16.8 Å². The Labute approximate surface area is 125 Å². The molecule has 1 fully saturated rings. The van der Waals surface area contributed by atoms with Gasteiger partial charge in [-0.15, -0.1) is 0 Å². The van der Waals surface area contributed by atoms with Crippen LogP contribution in [0.3, 0.4) is 0 Å². The van der Waals surface area contributed by atoms with E-state index in [1.54, 1.807) is 11.3 Å². The molecule has 1 aromatic heterocycles. The predicted octanol–water partition coefficient (Wildman–Crippen LogP) is 3.49. The Hall–Kier alpha value is -1.23. The van der Waals surface area contributed by atoms with Gasteiger partial charge in [0.2, 0.25) is 0 Å². The minimum Gasteiger partial charge on any atom is -0.444 e. The summed E-state index contributed by atoms with van der Waals surface area (Å²) in [6.45, 7) is 9.76. The van der Waals surface area contributed by atoms with Gasteiger partial charge in [0.1, 0.15) is 5.60 Å². The molecule has 0 aromatic carbocycles. The summed E-state index contributed by atoms with van der Waals surface area (Å²) < 4.78 is 5.34. The van der Waals surface area contributed by atoms with E-state index in [-0.39, 0.29) is 12.1 Å². The Kier molecular flexibility index (Phi) is 4.58.